The summed E-state index contributed by atoms with van der Waals surface area (Å²) < 4.78 is 12.2. The predicted octanol–water partition coefficient (Wildman–Crippen LogP) is 2.61. The Morgan fingerprint density at radius 3 is 2.86 bits per heavy atom. The van der Waals surface area contributed by atoms with Crippen molar-refractivity contribution in [3.05, 3.63) is 42.1 Å². The van der Waals surface area contributed by atoms with Gasteiger partial charge in [-0.3, -0.25) is 5.41 Å². The second kappa shape index (κ2) is 6.69. The maximum atomic E-state index is 7.54. The summed E-state index contributed by atoms with van der Waals surface area (Å²) in [5.74, 6) is 0.602. The molecule has 0 unspecified atom stereocenters. The number of methoxy groups -OCH3 is 1. The number of aromatic nitrogens is 3. The molecule has 0 radical (unpaired) electrons. The molecule has 0 saturated carbocycles. The molecule has 0 amide bonds. The largest absolute Gasteiger partial charge is 0.479 e. The van der Waals surface area contributed by atoms with E-state index in [0.29, 0.717) is 18.2 Å². The van der Waals surface area contributed by atoms with Crippen LogP contribution in [0.3, 0.4) is 0 Å². The Bertz CT molecular complexity index is 661. The number of hydrogen-bond donors (Lipinski definition) is 1. The summed E-state index contributed by atoms with van der Waals surface area (Å²) in [6.07, 6.45) is 6.89. The Labute approximate surface area is 123 Å². The zero-order valence-electron chi connectivity index (χ0n) is 12.3. The van der Waals surface area contributed by atoms with Crippen molar-refractivity contribution in [2.45, 2.75) is 13.8 Å². The van der Waals surface area contributed by atoms with Gasteiger partial charge in [0.25, 0.3) is 0 Å². The molecule has 0 bridgehead atoms. The first kappa shape index (κ1) is 14.8. The quantitative estimate of drug-likeness (QED) is 0.677. The first-order valence-electron chi connectivity index (χ1n) is 6.59. The maximum Gasteiger partial charge on any atom is 0.238 e. The van der Waals surface area contributed by atoms with Gasteiger partial charge in [0.15, 0.2) is 0 Å². The third-order valence-electron chi connectivity index (χ3n) is 2.75. The van der Waals surface area contributed by atoms with Crippen LogP contribution < -0.4 is 4.74 Å². The van der Waals surface area contributed by atoms with E-state index in [9.17, 15) is 0 Å². The molecule has 0 spiro atoms. The van der Waals surface area contributed by atoms with Gasteiger partial charge in [0.2, 0.25) is 11.8 Å². The van der Waals surface area contributed by atoms with Gasteiger partial charge in [-0.25, -0.2) is 9.97 Å². The molecule has 6 nitrogen and oxygen atoms in total. The first-order valence-corrected chi connectivity index (χ1v) is 6.59. The predicted molar refractivity (Wildman–Crippen MR) is 81.0 cm³/mol. The van der Waals surface area contributed by atoms with Crippen molar-refractivity contribution in [2.75, 3.05) is 13.7 Å². The lowest BCUT2D eigenvalue weighted by Gasteiger charge is -2.08. The third kappa shape index (κ3) is 3.68. The Balaban J connectivity index is 2.26. The van der Waals surface area contributed by atoms with Crippen molar-refractivity contribution in [1.82, 2.24) is 14.5 Å². The van der Waals surface area contributed by atoms with Gasteiger partial charge < -0.3 is 14.0 Å². The monoisotopic (exact) mass is 286 g/mol. The summed E-state index contributed by atoms with van der Waals surface area (Å²) in [6, 6.07) is 3.75. The van der Waals surface area contributed by atoms with Gasteiger partial charge in [-0.15, -0.1) is 0 Å². The van der Waals surface area contributed by atoms with Crippen LogP contribution in [0.4, 0.5) is 0 Å². The highest BCUT2D eigenvalue weighted by molar-refractivity contribution is 5.89. The van der Waals surface area contributed by atoms with Crippen LogP contribution >= 0.6 is 0 Å². The van der Waals surface area contributed by atoms with Gasteiger partial charge in [-0.2, -0.15) is 0 Å². The second-order valence-corrected chi connectivity index (χ2v) is 4.32. The van der Waals surface area contributed by atoms with Gasteiger partial charge in [-0.05, 0) is 32.1 Å². The molecule has 1 N–H and O–H groups in total. The number of rotatable bonds is 5. The van der Waals surface area contributed by atoms with E-state index in [2.05, 4.69) is 9.97 Å². The summed E-state index contributed by atoms with van der Waals surface area (Å²) in [5, 5.41) is 7.54. The van der Waals surface area contributed by atoms with Gasteiger partial charge in [-0.1, -0.05) is 0 Å². The minimum Gasteiger partial charge on any atom is -0.479 e. The van der Waals surface area contributed by atoms with E-state index in [4.69, 9.17) is 14.9 Å². The number of nitrogens with one attached hydrogen (secondary N) is 1. The minimum absolute atomic E-state index is 0.104. The first-order chi connectivity index (χ1) is 10.1. The Morgan fingerprint density at radius 1 is 1.43 bits per heavy atom. The lowest BCUT2D eigenvalue weighted by Crippen LogP contribution is -2.00. The summed E-state index contributed by atoms with van der Waals surface area (Å²) in [7, 11) is 1.57. The third-order valence-corrected chi connectivity index (χ3v) is 2.75. The molecule has 6 heteroatoms. The van der Waals surface area contributed by atoms with Crippen LogP contribution in [0, 0.1) is 12.3 Å². The second-order valence-electron chi connectivity index (χ2n) is 4.32. The molecule has 0 aliphatic heterocycles. The molecule has 2 aromatic rings. The van der Waals surface area contributed by atoms with Crippen LogP contribution in [0.15, 0.2) is 30.7 Å². The van der Waals surface area contributed by atoms with Gasteiger partial charge in [0.05, 0.1) is 31.4 Å². The number of aryl methyl sites for hydroxylation is 1. The topological polar surface area (TPSA) is 73.0 Å². The van der Waals surface area contributed by atoms with Gasteiger partial charge in [0.1, 0.15) is 5.69 Å². The number of pyridine rings is 1. The van der Waals surface area contributed by atoms with Gasteiger partial charge in [0, 0.05) is 12.3 Å². The molecule has 0 aliphatic rings. The fourth-order valence-electron chi connectivity index (χ4n) is 1.80. The van der Waals surface area contributed by atoms with Crippen LogP contribution in [0.1, 0.15) is 18.3 Å². The standard InChI is InChI=1S/C15H18N4O2/c1-4-21-14(16)8-6-12-5-7-13(15(18-12)20-3)19-9-11(2)17-10-19/h5-10,16H,4H2,1-3H3/b8-6+,16-14?. The number of hydrogen-bond acceptors (Lipinski definition) is 5. The summed E-state index contributed by atoms with van der Waals surface area (Å²) in [5.41, 5.74) is 2.43. The van der Waals surface area contributed by atoms with Crippen molar-refractivity contribution in [3.63, 3.8) is 0 Å². The highest BCUT2D eigenvalue weighted by Gasteiger charge is 2.08. The highest BCUT2D eigenvalue weighted by Crippen LogP contribution is 2.21. The minimum atomic E-state index is 0.104. The van der Waals surface area contributed by atoms with E-state index in [1.807, 2.05) is 36.7 Å². The fraction of sp³-hybridized carbons (Fsp3) is 0.267. The van der Waals surface area contributed by atoms with Crippen LogP contribution in [0.2, 0.25) is 0 Å². The van der Waals surface area contributed by atoms with E-state index in [1.165, 1.54) is 0 Å². The molecule has 0 fully saturated rings. The van der Waals surface area contributed by atoms with Crippen molar-refractivity contribution in [1.29, 1.82) is 5.41 Å². The zero-order valence-corrected chi connectivity index (χ0v) is 12.3. The smallest absolute Gasteiger partial charge is 0.238 e. The number of nitrogens with zero attached hydrogens (tertiary/aromatic N) is 3. The molecule has 2 heterocycles. The molecule has 2 rings (SSSR count). The normalized spacial score (nSPS) is 10.8. The molecule has 2 aromatic heterocycles. The van der Waals surface area contributed by atoms with Crippen LogP contribution in [0.5, 0.6) is 5.88 Å². The Kier molecular flexibility index (Phi) is 4.71. The SMILES string of the molecule is CCOC(=N)/C=C/c1ccc(-n2cnc(C)c2)c(OC)n1. The fourth-order valence-corrected chi connectivity index (χ4v) is 1.80. The molecule has 0 aromatic carbocycles. The number of imidazole rings is 1. The van der Waals surface area contributed by atoms with Crippen LogP contribution in [-0.4, -0.2) is 34.1 Å². The molecule has 21 heavy (non-hydrogen) atoms. The molecule has 0 atom stereocenters. The summed E-state index contributed by atoms with van der Waals surface area (Å²) in [4.78, 5) is 8.59. The van der Waals surface area contributed by atoms with E-state index in [0.717, 1.165) is 11.4 Å². The highest BCUT2D eigenvalue weighted by atomic mass is 16.5. The van der Waals surface area contributed by atoms with Crippen molar-refractivity contribution >= 4 is 12.0 Å². The maximum absolute atomic E-state index is 7.54. The molecular formula is C15H18N4O2. The molecule has 0 aliphatic carbocycles. The summed E-state index contributed by atoms with van der Waals surface area (Å²) in [6.45, 7) is 4.23. The van der Waals surface area contributed by atoms with E-state index < -0.39 is 0 Å². The Hall–Kier alpha value is -2.63. The van der Waals surface area contributed by atoms with Crippen LogP contribution in [0.25, 0.3) is 11.8 Å². The van der Waals surface area contributed by atoms with Crippen molar-refractivity contribution in [3.8, 4) is 11.6 Å². The zero-order chi connectivity index (χ0) is 15.2. The van der Waals surface area contributed by atoms with Crippen molar-refractivity contribution < 1.29 is 9.47 Å². The van der Waals surface area contributed by atoms with Crippen LogP contribution in [-0.2, 0) is 4.74 Å². The molecule has 0 saturated heterocycles. The lowest BCUT2D eigenvalue weighted by atomic mass is 10.3. The molecule has 110 valence electrons. The average Bonchev–Trinajstić information content (AvgIpc) is 2.91. The van der Waals surface area contributed by atoms with E-state index in [1.54, 1.807) is 25.6 Å². The number of ether oxygens (including phenoxy) is 2. The average molecular weight is 286 g/mol. The summed E-state index contributed by atoms with van der Waals surface area (Å²) >= 11 is 0. The van der Waals surface area contributed by atoms with E-state index >= 15 is 0 Å². The molecular weight excluding hydrogens is 268 g/mol. The van der Waals surface area contributed by atoms with E-state index in [-0.39, 0.29) is 5.90 Å². The van der Waals surface area contributed by atoms with Crippen molar-refractivity contribution in [2.24, 2.45) is 0 Å². The Morgan fingerprint density at radius 2 is 2.24 bits per heavy atom. The lowest BCUT2D eigenvalue weighted by molar-refractivity contribution is 0.327. The van der Waals surface area contributed by atoms with Gasteiger partial charge >= 0.3 is 0 Å².